The third kappa shape index (κ3) is 2.07. The van der Waals surface area contributed by atoms with E-state index in [-0.39, 0.29) is 0 Å². The van der Waals surface area contributed by atoms with E-state index in [1.165, 1.54) is 38.8 Å². The highest BCUT2D eigenvalue weighted by atomic mass is 15.3. The molecule has 2 nitrogen and oxygen atoms in total. The summed E-state index contributed by atoms with van der Waals surface area (Å²) in [6.07, 6.45) is 5.51. The number of nitrogens with zero attached hydrogens (tertiary/aromatic N) is 1. The molecule has 0 aromatic heterocycles. The smallest absolute Gasteiger partial charge is 0.0253 e. The lowest BCUT2D eigenvalue weighted by atomic mass is 9.74. The molecule has 0 radical (unpaired) electrons. The second-order valence-electron chi connectivity index (χ2n) is 6.31. The topological polar surface area (TPSA) is 15.3 Å². The van der Waals surface area contributed by atoms with Gasteiger partial charge in [0.2, 0.25) is 0 Å². The fourth-order valence-corrected chi connectivity index (χ4v) is 3.09. The van der Waals surface area contributed by atoms with E-state index in [1.54, 1.807) is 0 Å². The van der Waals surface area contributed by atoms with Crippen molar-refractivity contribution in [3.05, 3.63) is 0 Å². The molecule has 0 amide bonds. The molecule has 0 spiro atoms. The van der Waals surface area contributed by atoms with E-state index in [4.69, 9.17) is 0 Å². The van der Waals surface area contributed by atoms with Gasteiger partial charge in [-0.15, -0.1) is 0 Å². The van der Waals surface area contributed by atoms with Gasteiger partial charge in [-0.3, -0.25) is 4.90 Å². The highest BCUT2D eigenvalue weighted by molar-refractivity contribution is 5.02. The van der Waals surface area contributed by atoms with Gasteiger partial charge in [0.05, 0.1) is 0 Å². The molecule has 1 saturated carbocycles. The molecule has 1 N–H and O–H groups in total. The Balaban J connectivity index is 2.10. The molecule has 2 aliphatic rings. The summed E-state index contributed by atoms with van der Waals surface area (Å²) < 4.78 is 0. The highest BCUT2D eigenvalue weighted by Gasteiger charge is 2.44. The Bertz CT molecular complexity index is 231. The van der Waals surface area contributed by atoms with Gasteiger partial charge >= 0.3 is 0 Å². The number of nitrogens with one attached hydrogen (secondary N) is 1. The summed E-state index contributed by atoms with van der Waals surface area (Å²) in [6, 6.07) is 0.753. The Morgan fingerprint density at radius 1 is 1.27 bits per heavy atom. The third-order valence-corrected chi connectivity index (χ3v) is 4.42. The summed E-state index contributed by atoms with van der Waals surface area (Å²) in [6.45, 7) is 11.8. The average molecular weight is 210 g/mol. The summed E-state index contributed by atoms with van der Waals surface area (Å²) in [7, 11) is 0. The van der Waals surface area contributed by atoms with Crippen molar-refractivity contribution in [2.24, 2.45) is 0 Å². The largest absolute Gasteiger partial charge is 0.309 e. The first kappa shape index (κ1) is 11.4. The van der Waals surface area contributed by atoms with Gasteiger partial charge in [-0.2, -0.15) is 0 Å². The van der Waals surface area contributed by atoms with Gasteiger partial charge in [-0.05, 0) is 46.5 Å². The lowest BCUT2D eigenvalue weighted by Crippen LogP contribution is -2.68. The molecule has 0 aromatic carbocycles. The van der Waals surface area contributed by atoms with Crippen LogP contribution in [0, 0.1) is 0 Å². The van der Waals surface area contributed by atoms with Crippen LogP contribution in [0.2, 0.25) is 0 Å². The zero-order valence-electron chi connectivity index (χ0n) is 10.8. The summed E-state index contributed by atoms with van der Waals surface area (Å²) in [5.41, 5.74) is 0.810. The SMILES string of the molecule is CCC1CNC(C)(C)CN1C1(C)CCC1. The quantitative estimate of drug-likeness (QED) is 0.753. The van der Waals surface area contributed by atoms with E-state index in [0.29, 0.717) is 11.1 Å². The van der Waals surface area contributed by atoms with Crippen molar-refractivity contribution >= 4 is 0 Å². The maximum Gasteiger partial charge on any atom is 0.0253 e. The Morgan fingerprint density at radius 2 is 1.93 bits per heavy atom. The van der Waals surface area contributed by atoms with Crippen LogP contribution in [0.15, 0.2) is 0 Å². The van der Waals surface area contributed by atoms with Crippen molar-refractivity contribution < 1.29 is 0 Å². The molecule has 0 bridgehead atoms. The van der Waals surface area contributed by atoms with Gasteiger partial charge in [0.1, 0.15) is 0 Å². The molecule has 1 unspecified atom stereocenters. The lowest BCUT2D eigenvalue weighted by Gasteiger charge is -2.56. The number of rotatable bonds is 2. The molecule has 0 aromatic rings. The zero-order chi connectivity index (χ0) is 11.1. The minimum atomic E-state index is 0.296. The van der Waals surface area contributed by atoms with E-state index in [0.717, 1.165) is 6.04 Å². The zero-order valence-corrected chi connectivity index (χ0v) is 10.8. The van der Waals surface area contributed by atoms with Gasteiger partial charge in [0.15, 0.2) is 0 Å². The van der Waals surface area contributed by atoms with Crippen molar-refractivity contribution in [1.82, 2.24) is 10.2 Å². The van der Waals surface area contributed by atoms with Crippen molar-refractivity contribution in [3.8, 4) is 0 Å². The Labute approximate surface area is 94.4 Å². The van der Waals surface area contributed by atoms with E-state index in [9.17, 15) is 0 Å². The first-order valence-corrected chi connectivity index (χ1v) is 6.49. The predicted octanol–water partition coefficient (Wildman–Crippen LogP) is 2.39. The van der Waals surface area contributed by atoms with Crippen LogP contribution in [0.4, 0.5) is 0 Å². The molecule has 1 saturated heterocycles. The minimum Gasteiger partial charge on any atom is -0.309 e. The summed E-state index contributed by atoms with van der Waals surface area (Å²) in [5.74, 6) is 0. The van der Waals surface area contributed by atoms with Crippen LogP contribution < -0.4 is 5.32 Å². The first-order chi connectivity index (χ1) is 6.97. The molecule has 1 aliphatic heterocycles. The fraction of sp³-hybridized carbons (Fsp3) is 1.00. The molecule has 15 heavy (non-hydrogen) atoms. The van der Waals surface area contributed by atoms with Crippen LogP contribution in [-0.4, -0.2) is 35.1 Å². The Morgan fingerprint density at radius 3 is 2.40 bits per heavy atom. The molecular weight excluding hydrogens is 184 g/mol. The second-order valence-corrected chi connectivity index (χ2v) is 6.31. The lowest BCUT2D eigenvalue weighted by molar-refractivity contribution is -0.0436. The number of hydrogen-bond acceptors (Lipinski definition) is 2. The average Bonchev–Trinajstić information content (AvgIpc) is 2.13. The molecule has 2 rings (SSSR count). The van der Waals surface area contributed by atoms with Crippen molar-refractivity contribution in [2.75, 3.05) is 13.1 Å². The predicted molar refractivity (Wildman–Crippen MR) is 65.1 cm³/mol. The molecule has 2 heteroatoms. The Hall–Kier alpha value is -0.0800. The van der Waals surface area contributed by atoms with Crippen LogP contribution in [0.1, 0.15) is 53.4 Å². The molecule has 1 atom stereocenters. The second kappa shape index (κ2) is 3.74. The number of piperazine rings is 1. The molecule has 1 aliphatic carbocycles. The third-order valence-electron chi connectivity index (χ3n) is 4.42. The normalized spacial score (nSPS) is 34.8. The summed E-state index contributed by atoms with van der Waals surface area (Å²) >= 11 is 0. The van der Waals surface area contributed by atoms with Crippen LogP contribution >= 0.6 is 0 Å². The van der Waals surface area contributed by atoms with Gasteiger partial charge in [-0.1, -0.05) is 6.92 Å². The standard InChI is InChI=1S/C13H26N2/c1-5-11-9-14-12(2,3)10-15(11)13(4)7-6-8-13/h11,14H,5-10H2,1-4H3. The highest BCUT2D eigenvalue weighted by Crippen LogP contribution is 2.40. The van der Waals surface area contributed by atoms with Crippen molar-refractivity contribution in [1.29, 1.82) is 0 Å². The van der Waals surface area contributed by atoms with Gasteiger partial charge in [0, 0.05) is 30.2 Å². The van der Waals surface area contributed by atoms with E-state index in [2.05, 4.69) is 37.9 Å². The van der Waals surface area contributed by atoms with Crippen LogP contribution in [0.3, 0.4) is 0 Å². The van der Waals surface area contributed by atoms with E-state index < -0.39 is 0 Å². The maximum atomic E-state index is 3.67. The monoisotopic (exact) mass is 210 g/mol. The van der Waals surface area contributed by atoms with E-state index >= 15 is 0 Å². The number of hydrogen-bond donors (Lipinski definition) is 1. The summed E-state index contributed by atoms with van der Waals surface area (Å²) in [4.78, 5) is 2.78. The molecule has 1 heterocycles. The maximum absolute atomic E-state index is 3.67. The van der Waals surface area contributed by atoms with Gasteiger partial charge < -0.3 is 5.32 Å². The fourth-order valence-electron chi connectivity index (χ4n) is 3.09. The van der Waals surface area contributed by atoms with Crippen LogP contribution in [-0.2, 0) is 0 Å². The molecule has 88 valence electrons. The minimum absolute atomic E-state index is 0.296. The van der Waals surface area contributed by atoms with Gasteiger partial charge in [0.25, 0.3) is 0 Å². The van der Waals surface area contributed by atoms with Crippen molar-refractivity contribution in [3.63, 3.8) is 0 Å². The molecule has 2 fully saturated rings. The summed E-state index contributed by atoms with van der Waals surface area (Å²) in [5, 5.41) is 3.67. The van der Waals surface area contributed by atoms with E-state index in [1.807, 2.05) is 0 Å². The van der Waals surface area contributed by atoms with Crippen molar-refractivity contribution in [2.45, 2.75) is 70.5 Å². The molecular formula is C13H26N2. The van der Waals surface area contributed by atoms with Gasteiger partial charge in [-0.25, -0.2) is 0 Å². The van der Waals surface area contributed by atoms with Crippen LogP contribution in [0.25, 0.3) is 0 Å². The first-order valence-electron chi connectivity index (χ1n) is 6.49. The Kier molecular flexibility index (Phi) is 2.85. The van der Waals surface area contributed by atoms with Crippen LogP contribution in [0.5, 0.6) is 0 Å².